The van der Waals surface area contributed by atoms with Gasteiger partial charge in [0.2, 0.25) is 5.91 Å². The van der Waals surface area contributed by atoms with Crippen molar-refractivity contribution in [2.75, 3.05) is 0 Å². The number of carbonyl (C=O) groups excluding carboxylic acids is 1. The van der Waals surface area contributed by atoms with Crippen LogP contribution in [0.2, 0.25) is 0 Å². The Bertz CT molecular complexity index is 529. The summed E-state index contributed by atoms with van der Waals surface area (Å²) in [6, 6.07) is 16.6. The van der Waals surface area contributed by atoms with E-state index in [9.17, 15) is 4.79 Å². The van der Waals surface area contributed by atoms with E-state index >= 15 is 0 Å². The molecule has 3 rings (SSSR count). The third-order valence-corrected chi connectivity index (χ3v) is 3.05. The van der Waals surface area contributed by atoms with E-state index in [1.807, 2.05) is 42.5 Å². The molecule has 2 nitrogen and oxygen atoms in total. The molecule has 0 fully saturated rings. The Morgan fingerprint density at radius 1 is 1.12 bits per heavy atom. The van der Waals surface area contributed by atoms with Crippen molar-refractivity contribution in [2.45, 2.75) is 5.92 Å². The van der Waals surface area contributed by atoms with Crippen LogP contribution in [-0.4, -0.2) is 5.91 Å². The topological polar surface area (TPSA) is 43.1 Å². The predicted molar refractivity (Wildman–Crippen MR) is 61.8 cm³/mol. The van der Waals surface area contributed by atoms with Crippen molar-refractivity contribution in [3.63, 3.8) is 0 Å². The van der Waals surface area contributed by atoms with Crippen molar-refractivity contribution in [2.24, 2.45) is 5.73 Å². The largest absolute Gasteiger partial charge is 0.369 e. The van der Waals surface area contributed by atoms with E-state index < -0.39 is 0 Å². The van der Waals surface area contributed by atoms with Crippen LogP contribution in [-0.2, 0) is 4.79 Å². The SMILES string of the molecule is NC(=O)C1c2c[c]ccc2-c2ccccc21. The van der Waals surface area contributed by atoms with E-state index in [2.05, 4.69) is 6.07 Å². The maximum absolute atomic E-state index is 11.5. The number of rotatable bonds is 1. The highest BCUT2D eigenvalue weighted by Crippen LogP contribution is 2.43. The molecule has 0 heterocycles. The van der Waals surface area contributed by atoms with Crippen molar-refractivity contribution >= 4 is 5.91 Å². The number of amides is 1. The zero-order valence-corrected chi connectivity index (χ0v) is 8.60. The zero-order valence-electron chi connectivity index (χ0n) is 8.60. The molecule has 0 saturated heterocycles. The second-order valence-electron chi connectivity index (χ2n) is 3.94. The number of benzene rings is 2. The molecule has 77 valence electrons. The molecular formula is C14H10NO. The summed E-state index contributed by atoms with van der Waals surface area (Å²) in [5.41, 5.74) is 9.65. The molecule has 16 heavy (non-hydrogen) atoms. The monoisotopic (exact) mass is 208 g/mol. The van der Waals surface area contributed by atoms with Crippen molar-refractivity contribution in [3.05, 3.63) is 59.7 Å². The van der Waals surface area contributed by atoms with Crippen LogP contribution in [0.3, 0.4) is 0 Å². The highest BCUT2D eigenvalue weighted by atomic mass is 16.1. The van der Waals surface area contributed by atoms with Crippen LogP contribution in [0.15, 0.2) is 42.5 Å². The predicted octanol–water partition coefficient (Wildman–Crippen LogP) is 2.08. The Morgan fingerprint density at radius 3 is 2.69 bits per heavy atom. The Morgan fingerprint density at radius 2 is 1.88 bits per heavy atom. The molecule has 2 N–H and O–H groups in total. The van der Waals surface area contributed by atoms with E-state index in [-0.39, 0.29) is 11.8 Å². The fourth-order valence-electron chi connectivity index (χ4n) is 2.40. The smallest absolute Gasteiger partial charge is 0.229 e. The maximum Gasteiger partial charge on any atom is 0.229 e. The van der Waals surface area contributed by atoms with Gasteiger partial charge in [0.15, 0.2) is 0 Å². The number of nitrogens with two attached hydrogens (primary N) is 1. The van der Waals surface area contributed by atoms with E-state index in [1.54, 1.807) is 0 Å². The molecule has 0 bridgehead atoms. The summed E-state index contributed by atoms with van der Waals surface area (Å²) in [6.45, 7) is 0. The Kier molecular flexibility index (Phi) is 1.83. The van der Waals surface area contributed by atoms with Gasteiger partial charge in [-0.3, -0.25) is 4.79 Å². The second-order valence-corrected chi connectivity index (χ2v) is 3.94. The van der Waals surface area contributed by atoms with Crippen LogP contribution in [0.5, 0.6) is 0 Å². The normalized spacial score (nSPS) is 13.2. The minimum absolute atomic E-state index is 0.300. The molecule has 1 atom stereocenters. The summed E-state index contributed by atoms with van der Waals surface area (Å²) in [5.74, 6) is -0.616. The molecule has 1 aliphatic rings. The van der Waals surface area contributed by atoms with Crippen LogP contribution in [0, 0.1) is 6.07 Å². The van der Waals surface area contributed by atoms with Gasteiger partial charge in [-0.05, 0) is 34.4 Å². The summed E-state index contributed by atoms with van der Waals surface area (Å²) in [5, 5.41) is 0. The summed E-state index contributed by atoms with van der Waals surface area (Å²) in [7, 11) is 0. The molecule has 1 radical (unpaired) electrons. The fourth-order valence-corrected chi connectivity index (χ4v) is 2.40. The van der Waals surface area contributed by atoms with Crippen molar-refractivity contribution < 1.29 is 4.79 Å². The molecule has 2 aromatic rings. The van der Waals surface area contributed by atoms with E-state index in [0.29, 0.717) is 0 Å². The van der Waals surface area contributed by atoms with Gasteiger partial charge in [0.1, 0.15) is 0 Å². The molecule has 0 aromatic heterocycles. The molecule has 1 amide bonds. The molecule has 1 unspecified atom stereocenters. The lowest BCUT2D eigenvalue weighted by Crippen LogP contribution is -2.20. The summed E-state index contributed by atoms with van der Waals surface area (Å²) >= 11 is 0. The average Bonchev–Trinajstić information content (AvgIpc) is 2.63. The van der Waals surface area contributed by atoms with E-state index in [4.69, 9.17) is 5.73 Å². The number of fused-ring (bicyclic) bond motifs is 3. The van der Waals surface area contributed by atoms with E-state index in [0.717, 1.165) is 22.3 Å². The summed E-state index contributed by atoms with van der Waals surface area (Å²) in [4.78, 5) is 11.5. The molecule has 0 saturated carbocycles. The van der Waals surface area contributed by atoms with Gasteiger partial charge in [0, 0.05) is 0 Å². The van der Waals surface area contributed by atoms with Crippen molar-refractivity contribution in [3.8, 4) is 11.1 Å². The first-order valence-corrected chi connectivity index (χ1v) is 5.17. The summed E-state index contributed by atoms with van der Waals surface area (Å²) < 4.78 is 0. The molecule has 2 heteroatoms. The highest BCUT2D eigenvalue weighted by molar-refractivity contribution is 5.95. The molecule has 0 aliphatic heterocycles. The van der Waals surface area contributed by atoms with Gasteiger partial charge < -0.3 is 5.73 Å². The minimum Gasteiger partial charge on any atom is -0.369 e. The van der Waals surface area contributed by atoms with Gasteiger partial charge in [-0.1, -0.05) is 36.4 Å². The lowest BCUT2D eigenvalue weighted by atomic mass is 9.97. The third-order valence-electron chi connectivity index (χ3n) is 3.05. The van der Waals surface area contributed by atoms with Crippen LogP contribution in [0.1, 0.15) is 17.0 Å². The first kappa shape index (κ1) is 9.16. The molecular weight excluding hydrogens is 198 g/mol. The Labute approximate surface area is 93.7 Å². The van der Waals surface area contributed by atoms with Crippen molar-refractivity contribution in [1.29, 1.82) is 0 Å². The molecule has 2 aromatic carbocycles. The number of hydrogen-bond acceptors (Lipinski definition) is 1. The zero-order chi connectivity index (χ0) is 11.1. The Balaban J connectivity index is 2.34. The number of primary amides is 1. The van der Waals surface area contributed by atoms with Gasteiger partial charge in [-0.25, -0.2) is 0 Å². The van der Waals surface area contributed by atoms with Crippen LogP contribution >= 0.6 is 0 Å². The number of hydrogen-bond donors (Lipinski definition) is 1. The standard InChI is InChI=1S/C14H10NO/c15-14(16)13-11-7-3-1-5-9(11)10-6-2-4-8-12(10)13/h1-3,5-8,13H,(H2,15,16). The van der Waals surface area contributed by atoms with Gasteiger partial charge in [-0.15, -0.1) is 0 Å². The first-order valence-electron chi connectivity index (χ1n) is 5.17. The van der Waals surface area contributed by atoms with Crippen LogP contribution in [0.4, 0.5) is 0 Å². The highest BCUT2D eigenvalue weighted by Gasteiger charge is 2.31. The lowest BCUT2D eigenvalue weighted by molar-refractivity contribution is -0.118. The van der Waals surface area contributed by atoms with Crippen LogP contribution in [0.25, 0.3) is 11.1 Å². The van der Waals surface area contributed by atoms with Gasteiger partial charge in [0.25, 0.3) is 0 Å². The summed E-state index contributed by atoms with van der Waals surface area (Å²) in [6.07, 6.45) is 0. The average molecular weight is 208 g/mol. The van der Waals surface area contributed by atoms with E-state index in [1.165, 1.54) is 0 Å². The second kappa shape index (κ2) is 3.20. The van der Waals surface area contributed by atoms with Gasteiger partial charge in [0.05, 0.1) is 5.92 Å². The lowest BCUT2D eigenvalue weighted by Gasteiger charge is -2.07. The molecule has 0 spiro atoms. The number of carbonyl (C=O) groups is 1. The Hall–Kier alpha value is -2.09. The van der Waals surface area contributed by atoms with Crippen LogP contribution < -0.4 is 5.73 Å². The van der Waals surface area contributed by atoms with Gasteiger partial charge >= 0.3 is 0 Å². The van der Waals surface area contributed by atoms with Gasteiger partial charge in [-0.2, -0.15) is 0 Å². The maximum atomic E-state index is 11.5. The molecule has 1 aliphatic carbocycles. The first-order chi connectivity index (χ1) is 7.79. The third kappa shape index (κ3) is 1.10. The quantitative estimate of drug-likeness (QED) is 0.766. The fraction of sp³-hybridized carbons (Fsp3) is 0.0714. The van der Waals surface area contributed by atoms with Crippen molar-refractivity contribution in [1.82, 2.24) is 0 Å². The minimum atomic E-state index is -0.316.